The first-order chi connectivity index (χ1) is 10.3. The molecule has 0 aromatic carbocycles. The first kappa shape index (κ1) is 13.3. The van der Waals surface area contributed by atoms with Gasteiger partial charge in [0.2, 0.25) is 0 Å². The predicted molar refractivity (Wildman–Crippen MR) is 82.9 cm³/mol. The van der Waals surface area contributed by atoms with E-state index in [0.717, 1.165) is 23.8 Å². The van der Waals surface area contributed by atoms with E-state index >= 15 is 0 Å². The number of hydrogen-bond donors (Lipinski definition) is 0. The van der Waals surface area contributed by atoms with Crippen LogP contribution in [0.4, 0.5) is 5.82 Å². The van der Waals surface area contributed by atoms with Gasteiger partial charge in [0.15, 0.2) is 0 Å². The van der Waals surface area contributed by atoms with Crippen LogP contribution in [-0.4, -0.2) is 32.2 Å². The molecular formula is C15H20ClN5. The molecule has 1 saturated carbocycles. The maximum Gasteiger partial charge on any atom is 0.255 e. The molecule has 2 aromatic heterocycles. The summed E-state index contributed by atoms with van der Waals surface area (Å²) in [5.41, 5.74) is 1.01. The van der Waals surface area contributed by atoms with Gasteiger partial charge >= 0.3 is 0 Å². The number of halogens is 1. The molecule has 2 aliphatic rings. The third-order valence-corrected chi connectivity index (χ3v) is 5.46. The number of nitrogens with zero attached hydrogens (tertiary/aromatic N) is 5. The van der Waals surface area contributed by atoms with E-state index in [4.69, 9.17) is 11.6 Å². The van der Waals surface area contributed by atoms with Crippen molar-refractivity contribution in [1.29, 1.82) is 0 Å². The van der Waals surface area contributed by atoms with Gasteiger partial charge in [0.05, 0.1) is 0 Å². The van der Waals surface area contributed by atoms with E-state index in [1.807, 2.05) is 11.4 Å². The third kappa shape index (κ3) is 2.09. The van der Waals surface area contributed by atoms with Crippen molar-refractivity contribution in [2.75, 3.05) is 11.4 Å². The molecule has 0 radical (unpaired) electrons. The quantitative estimate of drug-likeness (QED) is 0.799. The highest BCUT2D eigenvalue weighted by atomic mass is 35.5. The second-order valence-electron chi connectivity index (χ2n) is 6.27. The van der Waals surface area contributed by atoms with Gasteiger partial charge in [-0.05, 0) is 38.5 Å². The van der Waals surface area contributed by atoms with E-state index in [1.54, 1.807) is 6.33 Å². The molecule has 4 rings (SSSR count). The molecular weight excluding hydrogens is 286 g/mol. The Hall–Kier alpha value is -1.36. The smallest absolute Gasteiger partial charge is 0.255 e. The Morgan fingerprint density at radius 3 is 2.81 bits per heavy atom. The zero-order valence-corrected chi connectivity index (χ0v) is 13.1. The lowest BCUT2D eigenvalue weighted by atomic mass is 9.96. The maximum absolute atomic E-state index is 6.32. The lowest BCUT2D eigenvalue weighted by Gasteiger charge is -2.32. The largest absolute Gasteiger partial charge is 0.353 e. The summed E-state index contributed by atoms with van der Waals surface area (Å²) in [5.74, 6) is 2.51. The van der Waals surface area contributed by atoms with E-state index < -0.39 is 0 Å². The summed E-state index contributed by atoms with van der Waals surface area (Å²) in [7, 11) is 0. The van der Waals surface area contributed by atoms with Crippen LogP contribution in [0.3, 0.4) is 0 Å². The standard InChI is InChI=1S/C15H20ClN5/c1-10-13(16)19-15-17-9-18-21(15)14(10)20-8-4-7-12(20)11-5-2-3-6-11/h9,11-12H,2-8H2,1H3. The highest BCUT2D eigenvalue weighted by Crippen LogP contribution is 2.39. The van der Waals surface area contributed by atoms with Crippen LogP contribution in [-0.2, 0) is 0 Å². The summed E-state index contributed by atoms with van der Waals surface area (Å²) in [6.07, 6.45) is 9.56. The van der Waals surface area contributed by atoms with Crippen molar-refractivity contribution in [2.24, 2.45) is 5.92 Å². The first-order valence-electron chi connectivity index (χ1n) is 7.88. The van der Waals surface area contributed by atoms with Gasteiger partial charge in [-0.1, -0.05) is 24.4 Å². The normalized spacial score (nSPS) is 23.5. The second kappa shape index (κ2) is 5.13. The van der Waals surface area contributed by atoms with Gasteiger partial charge in [-0.2, -0.15) is 19.6 Å². The van der Waals surface area contributed by atoms with Crippen LogP contribution in [0.1, 0.15) is 44.1 Å². The molecule has 112 valence electrons. The molecule has 1 aliphatic carbocycles. The Balaban J connectivity index is 1.81. The Labute approximate surface area is 129 Å². The molecule has 5 nitrogen and oxygen atoms in total. The Morgan fingerprint density at radius 1 is 1.19 bits per heavy atom. The second-order valence-corrected chi connectivity index (χ2v) is 6.63. The van der Waals surface area contributed by atoms with Crippen molar-refractivity contribution in [3.63, 3.8) is 0 Å². The van der Waals surface area contributed by atoms with Crippen molar-refractivity contribution < 1.29 is 0 Å². The third-order valence-electron chi connectivity index (χ3n) is 5.09. The van der Waals surface area contributed by atoms with E-state index in [-0.39, 0.29) is 0 Å². The maximum atomic E-state index is 6.32. The minimum atomic E-state index is 0.544. The molecule has 2 aromatic rings. The summed E-state index contributed by atoms with van der Waals surface area (Å²) in [5, 5.41) is 4.91. The fraction of sp³-hybridized carbons (Fsp3) is 0.667. The van der Waals surface area contributed by atoms with Crippen LogP contribution >= 0.6 is 11.6 Å². The summed E-state index contributed by atoms with van der Waals surface area (Å²) < 4.78 is 1.86. The van der Waals surface area contributed by atoms with Gasteiger partial charge in [0, 0.05) is 18.2 Å². The molecule has 0 spiro atoms. The molecule has 0 N–H and O–H groups in total. The summed E-state index contributed by atoms with van der Waals surface area (Å²) >= 11 is 6.32. The Bertz CT molecular complexity index is 661. The number of aromatic nitrogens is 4. The summed E-state index contributed by atoms with van der Waals surface area (Å²) in [6, 6.07) is 0.622. The molecule has 0 amide bonds. The minimum Gasteiger partial charge on any atom is -0.353 e. The van der Waals surface area contributed by atoms with Crippen LogP contribution in [0.15, 0.2) is 6.33 Å². The van der Waals surface area contributed by atoms with Gasteiger partial charge in [0.1, 0.15) is 17.3 Å². The molecule has 6 heteroatoms. The predicted octanol–water partition coefficient (Wildman–Crippen LogP) is 3.25. The topological polar surface area (TPSA) is 46.3 Å². The minimum absolute atomic E-state index is 0.544. The molecule has 1 atom stereocenters. The van der Waals surface area contributed by atoms with E-state index in [9.17, 15) is 0 Å². The van der Waals surface area contributed by atoms with Crippen LogP contribution in [0, 0.1) is 12.8 Å². The van der Waals surface area contributed by atoms with Crippen molar-refractivity contribution in [1.82, 2.24) is 19.6 Å². The summed E-state index contributed by atoms with van der Waals surface area (Å²) in [6.45, 7) is 3.12. The van der Waals surface area contributed by atoms with Crippen molar-refractivity contribution in [3.8, 4) is 0 Å². The van der Waals surface area contributed by atoms with Crippen molar-refractivity contribution >= 4 is 23.2 Å². The number of anilines is 1. The zero-order valence-electron chi connectivity index (χ0n) is 12.3. The number of hydrogen-bond acceptors (Lipinski definition) is 4. The average molecular weight is 306 g/mol. The van der Waals surface area contributed by atoms with Crippen LogP contribution in [0.25, 0.3) is 5.78 Å². The fourth-order valence-electron chi connectivity index (χ4n) is 4.11. The van der Waals surface area contributed by atoms with Crippen LogP contribution in [0.5, 0.6) is 0 Å². The van der Waals surface area contributed by atoms with E-state index in [2.05, 4.69) is 20.0 Å². The highest BCUT2D eigenvalue weighted by molar-refractivity contribution is 6.30. The van der Waals surface area contributed by atoms with E-state index in [1.165, 1.54) is 38.5 Å². The molecule has 1 aliphatic heterocycles. The highest BCUT2D eigenvalue weighted by Gasteiger charge is 2.35. The molecule has 0 bridgehead atoms. The summed E-state index contributed by atoms with van der Waals surface area (Å²) in [4.78, 5) is 11.0. The SMILES string of the molecule is Cc1c(Cl)nc2ncnn2c1N1CCCC1C1CCCC1. The van der Waals surface area contributed by atoms with Crippen LogP contribution < -0.4 is 4.90 Å². The van der Waals surface area contributed by atoms with Gasteiger partial charge in [-0.15, -0.1) is 0 Å². The Kier molecular flexibility index (Phi) is 3.25. The lowest BCUT2D eigenvalue weighted by Crippen LogP contribution is -2.36. The number of fused-ring (bicyclic) bond motifs is 1. The molecule has 1 unspecified atom stereocenters. The Morgan fingerprint density at radius 2 is 2.00 bits per heavy atom. The van der Waals surface area contributed by atoms with E-state index in [0.29, 0.717) is 17.0 Å². The number of rotatable bonds is 2. The fourth-order valence-corrected chi connectivity index (χ4v) is 4.27. The lowest BCUT2D eigenvalue weighted by molar-refractivity contribution is 0.427. The van der Waals surface area contributed by atoms with Gasteiger partial charge in [-0.3, -0.25) is 0 Å². The van der Waals surface area contributed by atoms with Gasteiger partial charge in [0.25, 0.3) is 5.78 Å². The monoisotopic (exact) mass is 305 g/mol. The molecule has 3 heterocycles. The first-order valence-corrected chi connectivity index (χ1v) is 8.26. The molecule has 1 saturated heterocycles. The average Bonchev–Trinajstić information content (AvgIpc) is 3.19. The van der Waals surface area contributed by atoms with Crippen molar-refractivity contribution in [2.45, 2.75) is 51.5 Å². The van der Waals surface area contributed by atoms with Crippen LogP contribution in [0.2, 0.25) is 5.15 Å². The van der Waals surface area contributed by atoms with Crippen molar-refractivity contribution in [3.05, 3.63) is 17.0 Å². The molecule has 21 heavy (non-hydrogen) atoms. The van der Waals surface area contributed by atoms with Gasteiger partial charge < -0.3 is 4.90 Å². The zero-order chi connectivity index (χ0) is 14.4. The molecule has 2 fully saturated rings. The van der Waals surface area contributed by atoms with Gasteiger partial charge in [-0.25, -0.2) is 0 Å².